The highest BCUT2D eigenvalue weighted by atomic mass is 32.2. The first kappa shape index (κ1) is 22.5. The molecule has 2 aromatic carbocycles. The fraction of sp³-hybridized carbons (Fsp3) is 0.227. The van der Waals surface area contributed by atoms with Gasteiger partial charge in [-0.05, 0) is 30.3 Å². The minimum Gasteiger partial charge on any atom is -0.455 e. The minimum absolute atomic E-state index is 0.0492. The van der Waals surface area contributed by atoms with Gasteiger partial charge in [-0.25, -0.2) is 12.8 Å². The lowest BCUT2D eigenvalue weighted by Gasteiger charge is -2.17. The molecule has 0 bridgehead atoms. The predicted molar refractivity (Wildman–Crippen MR) is 116 cm³/mol. The number of hydrogen-bond acceptors (Lipinski definition) is 4. The molecular weight excluding hydrogens is 421 g/mol. The Morgan fingerprint density at radius 2 is 1.81 bits per heavy atom. The van der Waals surface area contributed by atoms with Crippen LogP contribution in [0.15, 0.2) is 65.7 Å². The van der Waals surface area contributed by atoms with E-state index in [0.717, 1.165) is 0 Å². The van der Waals surface area contributed by atoms with Gasteiger partial charge in [0.1, 0.15) is 22.2 Å². The lowest BCUT2D eigenvalue weighted by Crippen LogP contribution is -2.30. The monoisotopic (exact) mass is 445 g/mol. The van der Waals surface area contributed by atoms with Gasteiger partial charge < -0.3 is 14.6 Å². The van der Waals surface area contributed by atoms with Crippen molar-refractivity contribution >= 4 is 21.6 Å². The van der Waals surface area contributed by atoms with E-state index in [9.17, 15) is 17.6 Å². The normalized spacial score (nSPS) is 11.5. The average Bonchev–Trinajstić information content (AvgIpc) is 3.13. The Morgan fingerprint density at radius 1 is 1.10 bits per heavy atom. The highest BCUT2D eigenvalue weighted by Crippen LogP contribution is 2.30. The summed E-state index contributed by atoms with van der Waals surface area (Å²) < 4.78 is 47.5. The number of carbonyl (C=O) groups excluding carboxylic acids is 1. The molecule has 164 valence electrons. The van der Waals surface area contributed by atoms with Crippen LogP contribution in [0.25, 0.3) is 0 Å². The SMILES string of the molecule is CCN(CC)S(=O)(=O)c1cc(C(=O)Nc2ccccc2Oc2cccc(F)c2)n(C)c1. The van der Waals surface area contributed by atoms with Crippen molar-refractivity contribution in [3.63, 3.8) is 0 Å². The molecule has 3 aromatic rings. The fourth-order valence-corrected chi connectivity index (χ4v) is 4.65. The van der Waals surface area contributed by atoms with E-state index in [1.54, 1.807) is 51.2 Å². The lowest BCUT2D eigenvalue weighted by molar-refractivity contribution is 0.101. The van der Waals surface area contributed by atoms with Crippen LogP contribution in [-0.2, 0) is 17.1 Å². The summed E-state index contributed by atoms with van der Waals surface area (Å²) in [6.45, 7) is 4.18. The van der Waals surface area contributed by atoms with Crippen LogP contribution in [0.2, 0.25) is 0 Å². The number of aryl methyl sites for hydroxylation is 1. The smallest absolute Gasteiger partial charge is 0.272 e. The molecule has 0 radical (unpaired) electrons. The number of aromatic nitrogens is 1. The summed E-state index contributed by atoms with van der Waals surface area (Å²) in [5.74, 6) is -0.330. The summed E-state index contributed by atoms with van der Waals surface area (Å²) in [6, 6.07) is 13.7. The number of nitrogens with one attached hydrogen (secondary N) is 1. The highest BCUT2D eigenvalue weighted by molar-refractivity contribution is 7.89. The lowest BCUT2D eigenvalue weighted by atomic mass is 10.2. The van der Waals surface area contributed by atoms with E-state index in [4.69, 9.17) is 4.74 Å². The van der Waals surface area contributed by atoms with Gasteiger partial charge >= 0.3 is 0 Å². The third kappa shape index (κ3) is 4.95. The van der Waals surface area contributed by atoms with Crippen molar-refractivity contribution in [1.29, 1.82) is 0 Å². The highest BCUT2D eigenvalue weighted by Gasteiger charge is 2.25. The zero-order chi connectivity index (χ0) is 22.6. The molecule has 0 aliphatic rings. The molecule has 0 atom stereocenters. The van der Waals surface area contributed by atoms with Crippen molar-refractivity contribution < 1.29 is 22.3 Å². The van der Waals surface area contributed by atoms with Gasteiger partial charge in [-0.1, -0.05) is 32.0 Å². The molecule has 0 spiro atoms. The van der Waals surface area contributed by atoms with Crippen molar-refractivity contribution in [3.8, 4) is 11.5 Å². The van der Waals surface area contributed by atoms with Gasteiger partial charge in [0, 0.05) is 32.4 Å². The summed E-state index contributed by atoms with van der Waals surface area (Å²) >= 11 is 0. The Morgan fingerprint density at radius 3 is 2.48 bits per heavy atom. The molecule has 0 aliphatic heterocycles. The minimum atomic E-state index is -3.69. The number of carbonyl (C=O) groups is 1. The van der Waals surface area contributed by atoms with E-state index in [0.29, 0.717) is 24.5 Å². The van der Waals surface area contributed by atoms with Crippen molar-refractivity contribution in [3.05, 3.63) is 72.3 Å². The molecule has 1 heterocycles. The van der Waals surface area contributed by atoms with E-state index in [2.05, 4.69) is 5.32 Å². The van der Waals surface area contributed by atoms with Crippen LogP contribution in [0.4, 0.5) is 10.1 Å². The van der Waals surface area contributed by atoms with E-state index in [-0.39, 0.29) is 16.3 Å². The molecular formula is C22H24FN3O4S. The second-order valence-corrected chi connectivity index (χ2v) is 8.71. The van der Waals surface area contributed by atoms with E-state index in [1.165, 1.54) is 39.3 Å². The number of nitrogens with zero attached hydrogens (tertiary/aromatic N) is 2. The van der Waals surface area contributed by atoms with Crippen LogP contribution in [0.3, 0.4) is 0 Å². The van der Waals surface area contributed by atoms with E-state index < -0.39 is 21.7 Å². The first-order chi connectivity index (χ1) is 14.8. The number of sulfonamides is 1. The summed E-state index contributed by atoms with van der Waals surface area (Å²) in [5, 5.41) is 2.74. The Hall–Kier alpha value is -3.17. The molecule has 0 unspecified atom stereocenters. The Kier molecular flexibility index (Phi) is 6.77. The summed E-state index contributed by atoms with van der Waals surface area (Å²) in [4.78, 5) is 12.9. The second kappa shape index (κ2) is 9.32. The van der Waals surface area contributed by atoms with Crippen LogP contribution in [0.5, 0.6) is 11.5 Å². The maximum Gasteiger partial charge on any atom is 0.272 e. The molecule has 0 fully saturated rings. The molecule has 1 amide bonds. The molecule has 0 aliphatic carbocycles. The third-order valence-corrected chi connectivity index (χ3v) is 6.73. The number of ether oxygens (including phenoxy) is 1. The van der Waals surface area contributed by atoms with Gasteiger partial charge in [-0.3, -0.25) is 4.79 Å². The predicted octanol–water partition coefficient (Wildman–Crippen LogP) is 4.24. The number of hydrogen-bond donors (Lipinski definition) is 1. The number of benzene rings is 2. The Labute approximate surface area is 181 Å². The van der Waals surface area contributed by atoms with Crippen LogP contribution in [-0.4, -0.2) is 36.3 Å². The van der Waals surface area contributed by atoms with Crippen molar-refractivity contribution in [1.82, 2.24) is 8.87 Å². The van der Waals surface area contributed by atoms with Gasteiger partial charge in [0.15, 0.2) is 5.75 Å². The first-order valence-corrected chi connectivity index (χ1v) is 11.2. The van der Waals surface area contributed by atoms with Gasteiger partial charge in [0.05, 0.1) is 5.69 Å². The Bertz CT molecular complexity index is 1190. The summed E-state index contributed by atoms with van der Waals surface area (Å²) in [5.41, 5.74) is 0.539. The molecule has 1 N–H and O–H groups in total. The molecule has 0 saturated heterocycles. The van der Waals surface area contributed by atoms with Crippen LogP contribution < -0.4 is 10.1 Å². The number of rotatable bonds is 8. The van der Waals surface area contributed by atoms with Crippen molar-refractivity contribution in [2.24, 2.45) is 7.05 Å². The second-order valence-electron chi connectivity index (χ2n) is 6.77. The Balaban J connectivity index is 1.86. The quantitative estimate of drug-likeness (QED) is 0.562. The van der Waals surface area contributed by atoms with Crippen molar-refractivity contribution in [2.75, 3.05) is 18.4 Å². The summed E-state index contributed by atoms with van der Waals surface area (Å²) in [6.07, 6.45) is 1.41. The molecule has 9 heteroatoms. The number of halogens is 1. The number of amides is 1. The van der Waals surface area contributed by atoms with Crippen molar-refractivity contribution in [2.45, 2.75) is 18.7 Å². The van der Waals surface area contributed by atoms with Crippen LogP contribution in [0.1, 0.15) is 24.3 Å². The van der Waals surface area contributed by atoms with Crippen LogP contribution >= 0.6 is 0 Å². The maximum absolute atomic E-state index is 13.4. The largest absolute Gasteiger partial charge is 0.455 e. The van der Waals surface area contributed by atoms with Gasteiger partial charge in [-0.2, -0.15) is 4.31 Å². The van der Waals surface area contributed by atoms with Gasteiger partial charge in [0.25, 0.3) is 5.91 Å². The number of anilines is 1. The molecule has 3 rings (SSSR count). The van der Waals surface area contributed by atoms with Gasteiger partial charge in [-0.15, -0.1) is 0 Å². The summed E-state index contributed by atoms with van der Waals surface area (Å²) in [7, 11) is -2.09. The molecule has 1 aromatic heterocycles. The topological polar surface area (TPSA) is 80.6 Å². The maximum atomic E-state index is 13.4. The van der Waals surface area contributed by atoms with E-state index >= 15 is 0 Å². The average molecular weight is 446 g/mol. The molecule has 0 saturated carbocycles. The van der Waals surface area contributed by atoms with E-state index in [1.807, 2.05) is 0 Å². The third-order valence-electron chi connectivity index (χ3n) is 4.71. The fourth-order valence-electron chi connectivity index (χ4n) is 3.12. The zero-order valence-corrected chi connectivity index (χ0v) is 18.3. The molecule has 7 nitrogen and oxygen atoms in total. The number of para-hydroxylation sites is 2. The van der Waals surface area contributed by atoms with Gasteiger partial charge in [0.2, 0.25) is 10.0 Å². The first-order valence-electron chi connectivity index (χ1n) is 9.76. The molecule has 31 heavy (non-hydrogen) atoms. The zero-order valence-electron chi connectivity index (χ0n) is 17.5. The van der Waals surface area contributed by atoms with Crippen LogP contribution in [0, 0.1) is 5.82 Å². The standard InChI is InChI=1S/C22H24FN3O4S/c1-4-26(5-2)31(28,29)18-14-20(25(3)15-18)22(27)24-19-11-6-7-12-21(19)30-17-10-8-9-16(23)13-17/h6-15H,4-5H2,1-3H3,(H,24,27).